The van der Waals surface area contributed by atoms with Gasteiger partial charge in [0.15, 0.2) is 9.84 Å². The largest absolute Gasteiger partial charge is 0.478 e. The van der Waals surface area contributed by atoms with Crippen LogP contribution in [0.15, 0.2) is 29.7 Å². The van der Waals surface area contributed by atoms with Crippen LogP contribution in [0, 0.1) is 10.1 Å². The van der Waals surface area contributed by atoms with Gasteiger partial charge in [0.1, 0.15) is 5.69 Å². The summed E-state index contributed by atoms with van der Waals surface area (Å²) < 4.78 is 22.6. The maximum atomic E-state index is 11.3. The lowest BCUT2D eigenvalue weighted by atomic mass is 10.1. The molecule has 1 atom stereocenters. The molecular weight excluding hydrogens is 288 g/mol. The van der Waals surface area contributed by atoms with Crippen molar-refractivity contribution in [3.05, 3.63) is 45.4 Å². The second-order valence-electron chi connectivity index (χ2n) is 4.17. The standard InChI is InChI=1S/C11H10N2O6S/c14-11(15)8-2-1-3-9(13(16)17)10(8)12-7-4-5-20(18,19)6-7/h1-5,7,12H,6H2,(H,14,15). The molecule has 8 nitrogen and oxygen atoms in total. The van der Waals surface area contributed by atoms with Crippen LogP contribution in [0.2, 0.25) is 0 Å². The van der Waals surface area contributed by atoms with Crippen molar-refractivity contribution in [1.29, 1.82) is 0 Å². The fourth-order valence-electron chi connectivity index (χ4n) is 1.87. The zero-order chi connectivity index (χ0) is 14.9. The van der Waals surface area contributed by atoms with Crippen molar-refractivity contribution in [3.8, 4) is 0 Å². The maximum Gasteiger partial charge on any atom is 0.338 e. The molecule has 2 rings (SSSR count). The zero-order valence-electron chi connectivity index (χ0n) is 10.0. The first-order valence-electron chi connectivity index (χ1n) is 5.48. The fraction of sp³-hybridized carbons (Fsp3) is 0.182. The predicted molar refractivity (Wildman–Crippen MR) is 70.4 cm³/mol. The Morgan fingerprint density at radius 1 is 1.45 bits per heavy atom. The Morgan fingerprint density at radius 3 is 2.65 bits per heavy atom. The first-order chi connectivity index (χ1) is 9.30. The number of para-hydroxylation sites is 1. The van der Waals surface area contributed by atoms with E-state index in [1.54, 1.807) is 0 Å². The van der Waals surface area contributed by atoms with E-state index in [-0.39, 0.29) is 17.0 Å². The third-order valence-electron chi connectivity index (χ3n) is 2.73. The zero-order valence-corrected chi connectivity index (χ0v) is 10.8. The molecule has 1 aromatic carbocycles. The van der Waals surface area contributed by atoms with Crippen LogP contribution < -0.4 is 5.32 Å². The van der Waals surface area contributed by atoms with Gasteiger partial charge in [-0.2, -0.15) is 0 Å². The van der Waals surface area contributed by atoms with Gasteiger partial charge in [0.25, 0.3) is 5.69 Å². The number of carboxylic acid groups (broad SMARTS) is 1. The van der Waals surface area contributed by atoms with E-state index in [1.807, 2.05) is 0 Å². The van der Waals surface area contributed by atoms with Crippen molar-refractivity contribution < 1.29 is 23.2 Å². The Balaban J connectivity index is 2.42. The molecule has 0 saturated carbocycles. The van der Waals surface area contributed by atoms with Gasteiger partial charge in [-0.05, 0) is 6.07 Å². The smallest absolute Gasteiger partial charge is 0.338 e. The first kappa shape index (κ1) is 14.0. The number of carbonyl (C=O) groups is 1. The monoisotopic (exact) mass is 298 g/mol. The molecule has 0 radical (unpaired) electrons. The quantitative estimate of drug-likeness (QED) is 0.627. The molecule has 0 saturated heterocycles. The highest BCUT2D eigenvalue weighted by atomic mass is 32.2. The Labute approximate surface area is 113 Å². The summed E-state index contributed by atoms with van der Waals surface area (Å²) in [4.78, 5) is 21.3. The number of carboxylic acids is 1. The summed E-state index contributed by atoms with van der Waals surface area (Å²) in [5.74, 6) is -1.60. The number of nitrogens with one attached hydrogen (secondary N) is 1. The molecule has 20 heavy (non-hydrogen) atoms. The van der Waals surface area contributed by atoms with Gasteiger partial charge >= 0.3 is 5.97 Å². The van der Waals surface area contributed by atoms with Crippen molar-refractivity contribution in [3.63, 3.8) is 0 Å². The summed E-state index contributed by atoms with van der Waals surface area (Å²) >= 11 is 0. The third-order valence-corrected chi connectivity index (χ3v) is 4.12. The number of rotatable bonds is 4. The molecule has 0 aromatic heterocycles. The van der Waals surface area contributed by atoms with Crippen LogP contribution in [-0.2, 0) is 9.84 Å². The summed E-state index contributed by atoms with van der Waals surface area (Å²) in [7, 11) is -3.34. The first-order valence-corrected chi connectivity index (χ1v) is 7.20. The molecule has 0 fully saturated rings. The molecule has 1 aromatic rings. The van der Waals surface area contributed by atoms with E-state index in [2.05, 4.69) is 5.32 Å². The number of aromatic carboxylic acids is 1. The highest BCUT2D eigenvalue weighted by Gasteiger charge is 2.27. The minimum Gasteiger partial charge on any atom is -0.478 e. The van der Waals surface area contributed by atoms with Gasteiger partial charge in [-0.3, -0.25) is 10.1 Å². The van der Waals surface area contributed by atoms with E-state index in [0.29, 0.717) is 0 Å². The fourth-order valence-corrected chi connectivity index (χ4v) is 3.11. The molecule has 1 unspecified atom stereocenters. The number of benzene rings is 1. The number of anilines is 1. The van der Waals surface area contributed by atoms with Crippen molar-refractivity contribution in [1.82, 2.24) is 0 Å². The molecule has 9 heteroatoms. The van der Waals surface area contributed by atoms with Gasteiger partial charge in [-0.25, -0.2) is 13.2 Å². The van der Waals surface area contributed by atoms with Crippen molar-refractivity contribution in [2.45, 2.75) is 6.04 Å². The Morgan fingerprint density at radius 2 is 2.15 bits per heavy atom. The molecule has 0 aliphatic carbocycles. The van der Waals surface area contributed by atoms with Crippen LogP contribution in [0.5, 0.6) is 0 Å². The van der Waals surface area contributed by atoms with Crippen LogP contribution in [-0.4, -0.2) is 36.2 Å². The van der Waals surface area contributed by atoms with E-state index >= 15 is 0 Å². The Kier molecular flexibility index (Phi) is 3.45. The minimum atomic E-state index is -3.34. The summed E-state index contributed by atoms with van der Waals surface area (Å²) in [5.41, 5.74) is -0.892. The molecule has 2 N–H and O–H groups in total. The summed E-state index contributed by atoms with van der Waals surface area (Å²) in [6, 6.07) is 2.93. The molecule has 1 aliphatic heterocycles. The number of nitro benzene ring substituents is 1. The van der Waals surface area contributed by atoms with E-state index in [0.717, 1.165) is 11.5 Å². The number of nitrogens with zero attached hydrogens (tertiary/aromatic N) is 1. The summed E-state index contributed by atoms with van der Waals surface area (Å²) in [6.07, 6.45) is 1.33. The lowest BCUT2D eigenvalue weighted by molar-refractivity contribution is -0.384. The van der Waals surface area contributed by atoms with E-state index < -0.39 is 32.5 Å². The number of sulfone groups is 1. The second-order valence-corrected chi connectivity index (χ2v) is 6.10. The van der Waals surface area contributed by atoms with Gasteiger partial charge < -0.3 is 10.4 Å². The van der Waals surface area contributed by atoms with Crippen molar-refractivity contribution in [2.24, 2.45) is 0 Å². The highest BCUT2D eigenvalue weighted by molar-refractivity contribution is 7.94. The third kappa shape index (κ3) is 2.77. The highest BCUT2D eigenvalue weighted by Crippen LogP contribution is 2.30. The lowest BCUT2D eigenvalue weighted by Gasteiger charge is -2.13. The van der Waals surface area contributed by atoms with Crippen molar-refractivity contribution >= 4 is 27.2 Å². The normalized spacial score (nSPS) is 19.7. The predicted octanol–water partition coefficient (Wildman–Crippen LogP) is 1.02. The number of hydrogen-bond donors (Lipinski definition) is 2. The molecule has 1 aliphatic rings. The molecule has 0 bridgehead atoms. The van der Waals surface area contributed by atoms with Crippen LogP contribution in [0.3, 0.4) is 0 Å². The summed E-state index contributed by atoms with van der Waals surface area (Å²) in [5, 5.41) is 23.6. The van der Waals surface area contributed by atoms with Crippen LogP contribution in [0.25, 0.3) is 0 Å². The van der Waals surface area contributed by atoms with Gasteiger partial charge in [-0.1, -0.05) is 12.1 Å². The minimum absolute atomic E-state index is 0.197. The van der Waals surface area contributed by atoms with Gasteiger partial charge in [0.05, 0.1) is 22.3 Å². The number of hydrogen-bond acceptors (Lipinski definition) is 6. The Bertz CT molecular complexity index is 677. The van der Waals surface area contributed by atoms with E-state index in [1.165, 1.54) is 18.2 Å². The molecule has 1 heterocycles. The van der Waals surface area contributed by atoms with Crippen LogP contribution >= 0.6 is 0 Å². The summed E-state index contributed by atoms with van der Waals surface area (Å²) in [6.45, 7) is 0. The van der Waals surface area contributed by atoms with Crippen LogP contribution in [0.1, 0.15) is 10.4 Å². The second kappa shape index (κ2) is 4.93. The lowest BCUT2D eigenvalue weighted by Crippen LogP contribution is -2.23. The molecular formula is C11H10N2O6S. The molecule has 106 valence electrons. The molecule has 0 amide bonds. The Hall–Kier alpha value is -2.42. The van der Waals surface area contributed by atoms with Gasteiger partial charge in [0, 0.05) is 11.5 Å². The van der Waals surface area contributed by atoms with E-state index in [4.69, 9.17) is 5.11 Å². The van der Waals surface area contributed by atoms with E-state index in [9.17, 15) is 23.3 Å². The average Bonchev–Trinajstić information content (AvgIpc) is 2.68. The van der Waals surface area contributed by atoms with Crippen LogP contribution in [0.4, 0.5) is 11.4 Å². The van der Waals surface area contributed by atoms with Crippen molar-refractivity contribution in [2.75, 3.05) is 11.1 Å². The van der Waals surface area contributed by atoms with Gasteiger partial charge in [0.2, 0.25) is 0 Å². The number of nitro groups is 1. The van der Waals surface area contributed by atoms with Gasteiger partial charge in [-0.15, -0.1) is 0 Å². The maximum absolute atomic E-state index is 11.3. The SMILES string of the molecule is O=C(O)c1cccc([N+](=O)[O-])c1NC1C=CS(=O)(=O)C1. The average molecular weight is 298 g/mol. The topological polar surface area (TPSA) is 127 Å². The molecule has 0 spiro atoms.